The SMILES string of the molecule is CN1C(=O)CN(c2ccc(S(=O)(=O)N3CCCC3)cc2O)C1=O. The number of hydrogen-bond acceptors (Lipinski definition) is 5. The van der Waals surface area contributed by atoms with Gasteiger partial charge in [-0.05, 0) is 25.0 Å². The third kappa shape index (κ3) is 2.55. The number of hydrogen-bond donors (Lipinski definition) is 1. The van der Waals surface area contributed by atoms with Gasteiger partial charge in [0.1, 0.15) is 12.3 Å². The maximum absolute atomic E-state index is 12.5. The molecule has 2 saturated heterocycles. The van der Waals surface area contributed by atoms with Gasteiger partial charge < -0.3 is 5.11 Å². The summed E-state index contributed by atoms with van der Waals surface area (Å²) in [5.41, 5.74) is 0.119. The molecule has 0 aromatic heterocycles. The Morgan fingerprint density at radius 2 is 1.78 bits per heavy atom. The van der Waals surface area contributed by atoms with Crippen LogP contribution < -0.4 is 4.90 Å². The van der Waals surface area contributed by atoms with Crippen LogP contribution in [0.2, 0.25) is 0 Å². The van der Waals surface area contributed by atoms with Crippen molar-refractivity contribution in [2.45, 2.75) is 17.7 Å². The van der Waals surface area contributed by atoms with E-state index in [-0.39, 0.29) is 28.8 Å². The van der Waals surface area contributed by atoms with E-state index in [1.54, 1.807) is 0 Å². The number of phenols is 1. The van der Waals surface area contributed by atoms with Crippen molar-refractivity contribution in [3.8, 4) is 5.75 Å². The highest BCUT2D eigenvalue weighted by Crippen LogP contribution is 2.33. The number of anilines is 1. The summed E-state index contributed by atoms with van der Waals surface area (Å²) in [7, 11) is -2.29. The van der Waals surface area contributed by atoms with Gasteiger partial charge in [0.15, 0.2) is 0 Å². The van der Waals surface area contributed by atoms with Gasteiger partial charge in [-0.2, -0.15) is 4.31 Å². The Balaban J connectivity index is 1.93. The van der Waals surface area contributed by atoms with E-state index >= 15 is 0 Å². The number of nitrogens with zero attached hydrogens (tertiary/aromatic N) is 3. The largest absolute Gasteiger partial charge is 0.506 e. The molecule has 8 nitrogen and oxygen atoms in total. The second kappa shape index (κ2) is 5.50. The fourth-order valence-corrected chi connectivity index (χ4v) is 4.29. The van der Waals surface area contributed by atoms with E-state index in [0.717, 1.165) is 28.7 Å². The zero-order valence-corrected chi connectivity index (χ0v) is 13.4. The van der Waals surface area contributed by atoms with Crippen LogP contribution in [0.4, 0.5) is 10.5 Å². The Kier molecular flexibility index (Phi) is 3.77. The number of rotatable bonds is 3. The predicted molar refractivity (Wildman–Crippen MR) is 81.6 cm³/mol. The Hall–Kier alpha value is -2.13. The molecule has 2 aliphatic heterocycles. The summed E-state index contributed by atoms with van der Waals surface area (Å²) in [6.07, 6.45) is 1.64. The van der Waals surface area contributed by atoms with Crippen molar-refractivity contribution < 1.29 is 23.1 Å². The van der Waals surface area contributed by atoms with Gasteiger partial charge in [0.2, 0.25) is 15.9 Å². The van der Waals surface area contributed by atoms with Crippen molar-refractivity contribution in [2.75, 3.05) is 31.6 Å². The van der Waals surface area contributed by atoms with Crippen molar-refractivity contribution in [1.29, 1.82) is 0 Å². The maximum Gasteiger partial charge on any atom is 0.331 e. The number of carbonyl (C=O) groups excluding carboxylic acids is 2. The summed E-state index contributed by atoms with van der Waals surface area (Å²) >= 11 is 0. The maximum atomic E-state index is 12.5. The summed E-state index contributed by atoms with van der Waals surface area (Å²) in [6.45, 7) is 0.755. The highest BCUT2D eigenvalue weighted by atomic mass is 32.2. The molecular weight excluding hydrogens is 322 g/mol. The molecule has 0 atom stereocenters. The van der Waals surface area contributed by atoms with Gasteiger partial charge in [0.05, 0.1) is 10.6 Å². The summed E-state index contributed by atoms with van der Waals surface area (Å²) in [5, 5.41) is 10.1. The summed E-state index contributed by atoms with van der Waals surface area (Å²) in [4.78, 5) is 25.6. The van der Waals surface area contributed by atoms with E-state index in [9.17, 15) is 23.1 Å². The molecule has 0 radical (unpaired) electrons. The first-order chi connectivity index (χ1) is 10.8. The lowest BCUT2D eigenvalue weighted by Gasteiger charge is -2.19. The average molecular weight is 339 g/mol. The minimum absolute atomic E-state index is 0.0213. The van der Waals surface area contributed by atoms with Gasteiger partial charge in [0.25, 0.3) is 0 Å². The number of urea groups is 1. The fourth-order valence-electron chi connectivity index (χ4n) is 2.75. The summed E-state index contributed by atoms with van der Waals surface area (Å²) < 4.78 is 26.3. The first-order valence-electron chi connectivity index (χ1n) is 7.23. The highest BCUT2D eigenvalue weighted by Gasteiger charge is 2.36. The molecule has 0 bridgehead atoms. The first-order valence-corrected chi connectivity index (χ1v) is 8.67. The van der Waals surface area contributed by atoms with Crippen LogP contribution >= 0.6 is 0 Å². The number of benzene rings is 1. The quantitative estimate of drug-likeness (QED) is 0.812. The second-order valence-corrected chi connectivity index (χ2v) is 7.52. The molecule has 0 saturated carbocycles. The Labute approximate surface area is 133 Å². The summed E-state index contributed by atoms with van der Waals surface area (Å²) in [6, 6.07) is 3.26. The van der Waals surface area contributed by atoms with Gasteiger partial charge in [0, 0.05) is 26.2 Å². The van der Waals surface area contributed by atoms with Crippen LogP contribution in [0, 0.1) is 0 Å². The van der Waals surface area contributed by atoms with Gasteiger partial charge >= 0.3 is 6.03 Å². The van der Waals surface area contributed by atoms with Crippen LogP contribution in [0.5, 0.6) is 5.75 Å². The smallest absolute Gasteiger partial charge is 0.331 e. The van der Waals surface area contributed by atoms with E-state index < -0.39 is 16.1 Å². The monoisotopic (exact) mass is 339 g/mol. The fraction of sp³-hybridized carbons (Fsp3) is 0.429. The van der Waals surface area contributed by atoms with E-state index in [4.69, 9.17) is 0 Å². The third-order valence-electron chi connectivity index (χ3n) is 4.13. The summed E-state index contributed by atoms with van der Waals surface area (Å²) in [5.74, 6) is -0.732. The molecule has 23 heavy (non-hydrogen) atoms. The van der Waals surface area contributed by atoms with Gasteiger partial charge in [-0.15, -0.1) is 0 Å². The lowest BCUT2D eigenvalue weighted by atomic mass is 10.2. The number of imide groups is 1. The van der Waals surface area contributed by atoms with Crippen molar-refractivity contribution >= 4 is 27.6 Å². The molecule has 1 aromatic carbocycles. The molecule has 3 rings (SSSR count). The molecule has 1 aromatic rings. The molecule has 124 valence electrons. The van der Waals surface area contributed by atoms with Crippen LogP contribution in [-0.4, -0.2) is 61.3 Å². The molecule has 9 heteroatoms. The Morgan fingerprint density at radius 3 is 2.30 bits per heavy atom. The average Bonchev–Trinajstić information content (AvgIpc) is 3.13. The number of sulfonamides is 1. The zero-order chi connectivity index (χ0) is 16.8. The lowest BCUT2D eigenvalue weighted by molar-refractivity contribution is -0.123. The van der Waals surface area contributed by atoms with E-state index in [0.29, 0.717) is 13.1 Å². The molecule has 1 N–H and O–H groups in total. The lowest BCUT2D eigenvalue weighted by Crippen LogP contribution is -2.30. The minimum Gasteiger partial charge on any atom is -0.506 e. The molecule has 3 amide bonds. The molecule has 0 unspecified atom stereocenters. The molecule has 2 fully saturated rings. The van der Waals surface area contributed by atoms with Crippen molar-refractivity contribution in [3.05, 3.63) is 18.2 Å². The number of phenolic OH excluding ortho intramolecular Hbond substituents is 1. The topological polar surface area (TPSA) is 98.2 Å². The molecule has 2 aliphatic rings. The van der Waals surface area contributed by atoms with E-state index in [2.05, 4.69) is 0 Å². The van der Waals surface area contributed by atoms with Gasteiger partial charge in [-0.25, -0.2) is 13.2 Å². The van der Waals surface area contributed by atoms with Crippen LogP contribution in [0.3, 0.4) is 0 Å². The molecular formula is C14H17N3O5S. The van der Waals surface area contributed by atoms with E-state index in [1.165, 1.54) is 23.5 Å². The Morgan fingerprint density at radius 1 is 1.13 bits per heavy atom. The van der Waals surface area contributed by atoms with Crippen molar-refractivity contribution in [2.24, 2.45) is 0 Å². The zero-order valence-electron chi connectivity index (χ0n) is 12.6. The molecule has 0 spiro atoms. The van der Waals surface area contributed by atoms with Crippen LogP contribution in [-0.2, 0) is 14.8 Å². The van der Waals surface area contributed by atoms with Crippen LogP contribution in [0.15, 0.2) is 23.1 Å². The predicted octanol–water partition coefficient (Wildman–Crippen LogP) is 0.575. The van der Waals surface area contributed by atoms with Crippen molar-refractivity contribution in [3.63, 3.8) is 0 Å². The van der Waals surface area contributed by atoms with Gasteiger partial charge in [-0.3, -0.25) is 14.6 Å². The molecule has 0 aliphatic carbocycles. The Bertz CT molecular complexity index is 771. The van der Waals surface area contributed by atoms with Crippen LogP contribution in [0.25, 0.3) is 0 Å². The number of amides is 3. The van der Waals surface area contributed by atoms with E-state index in [1.807, 2.05) is 0 Å². The standard InChI is InChI=1S/C14H17N3O5S/c1-15-13(19)9-17(14(15)20)11-5-4-10(8-12(11)18)23(21,22)16-6-2-3-7-16/h4-5,8,18H,2-3,6-7,9H2,1H3. The third-order valence-corrected chi connectivity index (χ3v) is 6.02. The first kappa shape index (κ1) is 15.8. The van der Waals surface area contributed by atoms with Crippen molar-refractivity contribution in [1.82, 2.24) is 9.21 Å². The highest BCUT2D eigenvalue weighted by molar-refractivity contribution is 7.89. The normalized spacial score (nSPS) is 19.9. The van der Waals surface area contributed by atoms with Crippen LogP contribution in [0.1, 0.15) is 12.8 Å². The molecule has 2 heterocycles. The second-order valence-electron chi connectivity index (χ2n) is 5.58. The number of likely N-dealkylation sites (N-methyl/N-ethyl adjacent to an activating group) is 1. The number of carbonyl (C=O) groups is 2. The minimum atomic E-state index is -3.64. The number of aromatic hydroxyl groups is 1. The van der Waals surface area contributed by atoms with Gasteiger partial charge in [-0.1, -0.05) is 0 Å².